The van der Waals surface area contributed by atoms with Gasteiger partial charge in [0.25, 0.3) is 11.8 Å². The number of carbonyl (C=O) groups is 3. The van der Waals surface area contributed by atoms with Crippen molar-refractivity contribution in [3.8, 4) is 5.75 Å². The molecular weight excluding hydrogens is 380 g/mol. The first-order valence-corrected chi connectivity index (χ1v) is 9.06. The van der Waals surface area contributed by atoms with Crippen LogP contribution in [0, 0.1) is 0 Å². The first-order chi connectivity index (χ1) is 13.6. The quantitative estimate of drug-likeness (QED) is 0.509. The van der Waals surface area contributed by atoms with E-state index in [1.54, 1.807) is 18.2 Å². The predicted octanol–water partition coefficient (Wildman–Crippen LogP) is 2.82. The molecular formula is C20H16N2O5S. The van der Waals surface area contributed by atoms with Crippen LogP contribution >= 0.6 is 11.3 Å². The summed E-state index contributed by atoms with van der Waals surface area (Å²) >= 11 is 1.43. The number of nitrogens with one attached hydrogen (secondary N) is 1. The summed E-state index contributed by atoms with van der Waals surface area (Å²) < 4.78 is 10.9. The summed E-state index contributed by atoms with van der Waals surface area (Å²) in [4.78, 5) is 40.1. The van der Waals surface area contributed by atoms with Crippen molar-refractivity contribution in [2.24, 2.45) is 0 Å². The topological polar surface area (TPSA) is 94.6 Å². The van der Waals surface area contributed by atoms with Crippen molar-refractivity contribution in [1.29, 1.82) is 0 Å². The Morgan fingerprint density at radius 3 is 2.64 bits per heavy atom. The van der Waals surface area contributed by atoms with E-state index in [2.05, 4.69) is 10.3 Å². The molecule has 0 radical (unpaired) electrons. The molecule has 0 bridgehead atoms. The van der Waals surface area contributed by atoms with Crippen molar-refractivity contribution in [1.82, 2.24) is 10.3 Å². The summed E-state index contributed by atoms with van der Waals surface area (Å²) in [5, 5.41) is 2.80. The second-order valence-corrected chi connectivity index (χ2v) is 6.60. The third-order valence-electron chi connectivity index (χ3n) is 3.62. The number of hydrogen-bond donors (Lipinski definition) is 1. The number of methoxy groups -OCH3 is 1. The maximum atomic E-state index is 12.1. The van der Waals surface area contributed by atoms with Gasteiger partial charge in [0.05, 0.1) is 22.9 Å². The van der Waals surface area contributed by atoms with Gasteiger partial charge in [0, 0.05) is 6.08 Å². The van der Waals surface area contributed by atoms with Crippen LogP contribution in [0.3, 0.4) is 0 Å². The molecule has 0 saturated heterocycles. The van der Waals surface area contributed by atoms with Gasteiger partial charge in [-0.2, -0.15) is 0 Å². The van der Waals surface area contributed by atoms with Crippen molar-refractivity contribution in [3.05, 3.63) is 65.2 Å². The van der Waals surface area contributed by atoms with E-state index in [4.69, 9.17) is 9.47 Å². The number of thiazole rings is 1. The number of nitrogens with zero attached hydrogens (tertiary/aromatic N) is 1. The lowest BCUT2D eigenvalue weighted by Crippen LogP contribution is -2.34. The molecule has 1 heterocycles. The Kier molecular flexibility index (Phi) is 6.13. The fourth-order valence-corrected chi connectivity index (χ4v) is 3.22. The second kappa shape index (κ2) is 8.92. The zero-order valence-corrected chi connectivity index (χ0v) is 15.7. The van der Waals surface area contributed by atoms with Crippen LogP contribution in [-0.4, -0.2) is 36.5 Å². The molecule has 0 aliphatic carbocycles. The lowest BCUT2D eigenvalue weighted by molar-refractivity contribution is -0.143. The standard InChI is InChI=1S/C20H16N2O5S/c1-26-15-8-4-2-6-13(15)20(25)22-17(23)12-27-19(24)11-10-18-21-14-7-3-5-9-16(14)28-18/h2-11H,12H2,1H3,(H,22,23,25). The largest absolute Gasteiger partial charge is 0.496 e. The molecule has 0 aliphatic heterocycles. The number of imide groups is 1. The Bertz CT molecular complexity index is 1020. The summed E-state index contributed by atoms with van der Waals surface area (Å²) in [6.07, 6.45) is 2.71. The fourth-order valence-electron chi connectivity index (χ4n) is 2.35. The van der Waals surface area contributed by atoms with Gasteiger partial charge < -0.3 is 9.47 Å². The average Bonchev–Trinajstić information content (AvgIpc) is 3.13. The highest BCUT2D eigenvalue weighted by atomic mass is 32.1. The first kappa shape index (κ1) is 19.2. The van der Waals surface area contributed by atoms with Gasteiger partial charge in [0.15, 0.2) is 6.61 Å². The van der Waals surface area contributed by atoms with E-state index >= 15 is 0 Å². The average molecular weight is 396 g/mol. The minimum atomic E-state index is -0.738. The predicted molar refractivity (Wildman–Crippen MR) is 105 cm³/mol. The molecule has 3 rings (SSSR count). The number of esters is 1. The normalized spacial score (nSPS) is 10.8. The number of aromatic nitrogens is 1. The molecule has 0 fully saturated rings. The van der Waals surface area contributed by atoms with Crippen molar-refractivity contribution < 1.29 is 23.9 Å². The Balaban J connectivity index is 1.51. The molecule has 0 saturated carbocycles. The molecule has 0 atom stereocenters. The van der Waals surface area contributed by atoms with Gasteiger partial charge in [-0.05, 0) is 30.3 Å². The maximum Gasteiger partial charge on any atom is 0.331 e. The van der Waals surface area contributed by atoms with Crippen LogP contribution in [0.1, 0.15) is 15.4 Å². The van der Waals surface area contributed by atoms with Crippen molar-refractivity contribution in [2.75, 3.05) is 13.7 Å². The Hall–Kier alpha value is -3.52. The molecule has 7 nitrogen and oxygen atoms in total. The van der Waals surface area contributed by atoms with Crippen LogP contribution in [-0.2, 0) is 14.3 Å². The molecule has 0 spiro atoms. The number of ether oxygens (including phenoxy) is 2. The first-order valence-electron chi connectivity index (χ1n) is 8.24. The number of hydrogen-bond acceptors (Lipinski definition) is 7. The number of benzene rings is 2. The van der Waals surface area contributed by atoms with Crippen molar-refractivity contribution in [3.63, 3.8) is 0 Å². The lowest BCUT2D eigenvalue weighted by atomic mass is 10.2. The minimum Gasteiger partial charge on any atom is -0.496 e. The monoisotopic (exact) mass is 396 g/mol. The van der Waals surface area contributed by atoms with Crippen LogP contribution in [0.5, 0.6) is 5.75 Å². The summed E-state index contributed by atoms with van der Waals surface area (Å²) in [7, 11) is 1.42. The summed E-state index contributed by atoms with van der Waals surface area (Å²) in [5.74, 6) is -1.75. The highest BCUT2D eigenvalue weighted by Crippen LogP contribution is 2.22. The fraction of sp³-hybridized carbons (Fsp3) is 0.100. The van der Waals surface area contributed by atoms with Crippen LogP contribution in [0.25, 0.3) is 16.3 Å². The van der Waals surface area contributed by atoms with E-state index in [0.29, 0.717) is 10.8 Å². The molecule has 0 unspecified atom stereocenters. The molecule has 1 aromatic heterocycles. The van der Waals surface area contributed by atoms with Crippen molar-refractivity contribution >= 4 is 45.4 Å². The molecule has 142 valence electrons. The third-order valence-corrected chi connectivity index (χ3v) is 4.62. The van der Waals surface area contributed by atoms with Crippen molar-refractivity contribution in [2.45, 2.75) is 0 Å². The molecule has 28 heavy (non-hydrogen) atoms. The zero-order valence-electron chi connectivity index (χ0n) is 14.9. The van der Waals surface area contributed by atoms with E-state index in [-0.39, 0.29) is 5.56 Å². The number of carbonyl (C=O) groups excluding carboxylic acids is 3. The van der Waals surface area contributed by atoms with E-state index < -0.39 is 24.4 Å². The zero-order chi connectivity index (χ0) is 19.9. The molecule has 0 aliphatic rings. The van der Waals surface area contributed by atoms with E-state index in [1.807, 2.05) is 24.3 Å². The summed E-state index contributed by atoms with van der Waals surface area (Å²) in [6.45, 7) is -0.579. The highest BCUT2D eigenvalue weighted by molar-refractivity contribution is 7.19. The number of para-hydroxylation sites is 2. The number of rotatable bonds is 6. The second-order valence-electron chi connectivity index (χ2n) is 5.54. The molecule has 2 amide bonds. The van der Waals surface area contributed by atoms with Gasteiger partial charge in [0.2, 0.25) is 0 Å². The van der Waals surface area contributed by atoms with Gasteiger partial charge >= 0.3 is 5.97 Å². The Morgan fingerprint density at radius 2 is 1.86 bits per heavy atom. The third kappa shape index (κ3) is 4.80. The highest BCUT2D eigenvalue weighted by Gasteiger charge is 2.15. The SMILES string of the molecule is COc1ccccc1C(=O)NC(=O)COC(=O)C=Cc1nc2ccccc2s1. The minimum absolute atomic E-state index is 0.209. The molecule has 3 aromatic rings. The van der Waals surface area contributed by atoms with Gasteiger partial charge in [0.1, 0.15) is 10.8 Å². The van der Waals surface area contributed by atoms with Crippen LogP contribution in [0.15, 0.2) is 54.6 Å². The molecule has 8 heteroatoms. The smallest absolute Gasteiger partial charge is 0.331 e. The summed E-state index contributed by atoms with van der Waals surface area (Å²) in [5.41, 5.74) is 1.05. The molecule has 1 N–H and O–H groups in total. The summed E-state index contributed by atoms with van der Waals surface area (Å²) in [6, 6.07) is 14.1. The number of amides is 2. The van der Waals surface area contributed by atoms with E-state index in [1.165, 1.54) is 36.7 Å². The Labute approximate surface area is 164 Å². The molecule has 2 aromatic carbocycles. The Morgan fingerprint density at radius 1 is 1.11 bits per heavy atom. The van der Waals surface area contributed by atoms with Crippen LogP contribution in [0.2, 0.25) is 0 Å². The van der Waals surface area contributed by atoms with Gasteiger partial charge in [-0.1, -0.05) is 24.3 Å². The maximum absolute atomic E-state index is 12.1. The van der Waals surface area contributed by atoms with Gasteiger partial charge in [-0.15, -0.1) is 11.3 Å². The van der Waals surface area contributed by atoms with Gasteiger partial charge in [-0.3, -0.25) is 14.9 Å². The van der Waals surface area contributed by atoms with E-state index in [0.717, 1.165) is 10.2 Å². The number of fused-ring (bicyclic) bond motifs is 1. The van der Waals surface area contributed by atoms with Gasteiger partial charge in [-0.25, -0.2) is 9.78 Å². The van der Waals surface area contributed by atoms with Crippen LogP contribution < -0.4 is 10.1 Å². The van der Waals surface area contributed by atoms with Crippen LogP contribution in [0.4, 0.5) is 0 Å². The lowest BCUT2D eigenvalue weighted by Gasteiger charge is -2.08. The van der Waals surface area contributed by atoms with E-state index in [9.17, 15) is 14.4 Å².